The molecule has 1 aromatic heterocycles. The third kappa shape index (κ3) is 2.90. The number of hydrogen-bond acceptors (Lipinski definition) is 3. The molecule has 2 aliphatic rings. The molecular formula is C15H20ClN3O. The van der Waals surface area contributed by atoms with E-state index in [2.05, 4.69) is 15.2 Å². The Morgan fingerprint density at radius 1 is 1.30 bits per heavy atom. The van der Waals surface area contributed by atoms with E-state index in [1.807, 2.05) is 12.1 Å². The number of piperidine rings is 1. The zero-order chi connectivity index (χ0) is 13.9. The molecule has 4 nitrogen and oxygen atoms in total. The molecule has 1 saturated heterocycles. The summed E-state index contributed by atoms with van der Waals surface area (Å²) >= 11 is 6.17. The van der Waals surface area contributed by atoms with Crippen LogP contribution in [0.2, 0.25) is 5.02 Å². The molecule has 1 N–H and O–H groups in total. The van der Waals surface area contributed by atoms with Crippen LogP contribution >= 0.6 is 11.6 Å². The summed E-state index contributed by atoms with van der Waals surface area (Å²) in [5.74, 6) is 1.39. The second kappa shape index (κ2) is 6.00. The van der Waals surface area contributed by atoms with Crippen molar-refractivity contribution in [3.8, 4) is 0 Å². The topological polar surface area (TPSA) is 45.2 Å². The number of carbonyl (C=O) groups is 1. The average molecular weight is 294 g/mol. The molecule has 20 heavy (non-hydrogen) atoms. The van der Waals surface area contributed by atoms with Gasteiger partial charge in [-0.1, -0.05) is 18.0 Å². The lowest BCUT2D eigenvalue weighted by atomic mass is 9.84. The zero-order valence-electron chi connectivity index (χ0n) is 11.5. The van der Waals surface area contributed by atoms with Crippen molar-refractivity contribution in [2.45, 2.75) is 38.1 Å². The highest BCUT2D eigenvalue weighted by atomic mass is 35.5. The summed E-state index contributed by atoms with van der Waals surface area (Å²) in [6.07, 6.45) is 7.03. The summed E-state index contributed by atoms with van der Waals surface area (Å²) < 4.78 is 0. The van der Waals surface area contributed by atoms with E-state index >= 15 is 0 Å². The smallest absolute Gasteiger partial charge is 0.223 e. The molecule has 0 spiro atoms. The maximum absolute atomic E-state index is 11.9. The fraction of sp³-hybridized carbons (Fsp3) is 0.600. The van der Waals surface area contributed by atoms with Gasteiger partial charge in [-0.05, 0) is 37.8 Å². The fourth-order valence-electron chi connectivity index (χ4n) is 2.84. The molecule has 1 aliphatic carbocycles. The summed E-state index contributed by atoms with van der Waals surface area (Å²) in [6, 6.07) is 4.02. The van der Waals surface area contributed by atoms with E-state index in [0.29, 0.717) is 11.1 Å². The lowest BCUT2D eigenvalue weighted by Crippen LogP contribution is -2.47. The maximum Gasteiger partial charge on any atom is 0.223 e. The number of halogens is 1. The van der Waals surface area contributed by atoms with Crippen LogP contribution in [0.4, 0.5) is 5.82 Å². The Balaban J connectivity index is 1.52. The maximum atomic E-state index is 11.9. The van der Waals surface area contributed by atoms with Crippen LogP contribution in [0, 0.1) is 5.92 Å². The van der Waals surface area contributed by atoms with E-state index in [4.69, 9.17) is 11.6 Å². The predicted octanol–water partition coefficient (Wildman–Crippen LogP) is 2.62. The number of pyridine rings is 1. The molecule has 0 unspecified atom stereocenters. The Labute approximate surface area is 124 Å². The van der Waals surface area contributed by atoms with E-state index in [1.165, 1.54) is 6.42 Å². The molecule has 108 valence electrons. The molecule has 1 aliphatic heterocycles. The van der Waals surface area contributed by atoms with Crippen molar-refractivity contribution in [3.05, 3.63) is 23.4 Å². The third-order valence-electron chi connectivity index (χ3n) is 4.36. The lowest BCUT2D eigenvalue weighted by molar-refractivity contribution is -0.128. The predicted molar refractivity (Wildman–Crippen MR) is 80.0 cm³/mol. The summed E-state index contributed by atoms with van der Waals surface area (Å²) in [7, 11) is 0. The van der Waals surface area contributed by atoms with E-state index in [9.17, 15) is 4.79 Å². The van der Waals surface area contributed by atoms with Gasteiger partial charge in [0, 0.05) is 31.2 Å². The highest BCUT2D eigenvalue weighted by molar-refractivity contribution is 6.32. The lowest BCUT2D eigenvalue weighted by Gasteiger charge is -2.35. The SMILES string of the molecule is O=C(NC1CCN(c2ncccc2Cl)CC1)C1CCC1. The summed E-state index contributed by atoms with van der Waals surface area (Å²) in [5, 5.41) is 3.89. The van der Waals surface area contributed by atoms with Crippen LogP contribution in [0.1, 0.15) is 32.1 Å². The molecule has 2 fully saturated rings. The van der Waals surface area contributed by atoms with E-state index < -0.39 is 0 Å². The van der Waals surface area contributed by atoms with Gasteiger partial charge in [0.15, 0.2) is 0 Å². The van der Waals surface area contributed by atoms with Crippen LogP contribution in [-0.2, 0) is 4.79 Å². The first kappa shape index (κ1) is 13.7. The molecule has 0 atom stereocenters. The van der Waals surface area contributed by atoms with Crippen LogP contribution in [-0.4, -0.2) is 30.0 Å². The first-order chi connectivity index (χ1) is 9.74. The average Bonchev–Trinajstić information content (AvgIpc) is 2.38. The zero-order valence-corrected chi connectivity index (χ0v) is 12.3. The van der Waals surface area contributed by atoms with Crippen LogP contribution < -0.4 is 10.2 Å². The van der Waals surface area contributed by atoms with Crippen LogP contribution in [0.5, 0.6) is 0 Å². The second-order valence-corrected chi connectivity index (χ2v) is 6.11. The summed E-state index contributed by atoms with van der Waals surface area (Å²) in [6.45, 7) is 1.79. The van der Waals surface area contributed by atoms with Gasteiger partial charge in [0.25, 0.3) is 0 Å². The number of aromatic nitrogens is 1. The minimum absolute atomic E-state index is 0.255. The monoisotopic (exact) mass is 293 g/mol. The number of carbonyl (C=O) groups excluding carboxylic acids is 1. The first-order valence-corrected chi connectivity index (χ1v) is 7.77. The van der Waals surface area contributed by atoms with Crippen molar-refractivity contribution >= 4 is 23.3 Å². The Hall–Kier alpha value is -1.29. The number of nitrogens with one attached hydrogen (secondary N) is 1. The Bertz CT molecular complexity index is 482. The normalized spacial score (nSPS) is 20.6. The molecule has 0 radical (unpaired) electrons. The minimum atomic E-state index is 0.255. The highest BCUT2D eigenvalue weighted by Crippen LogP contribution is 2.28. The van der Waals surface area contributed by atoms with Crippen molar-refractivity contribution in [3.63, 3.8) is 0 Å². The van der Waals surface area contributed by atoms with Crippen molar-refractivity contribution < 1.29 is 4.79 Å². The van der Waals surface area contributed by atoms with Crippen molar-refractivity contribution in [2.75, 3.05) is 18.0 Å². The molecule has 0 aromatic carbocycles. The van der Waals surface area contributed by atoms with Gasteiger partial charge in [0.1, 0.15) is 5.82 Å². The molecule has 2 heterocycles. The Kier molecular flexibility index (Phi) is 4.10. The van der Waals surface area contributed by atoms with Crippen LogP contribution in [0.3, 0.4) is 0 Å². The van der Waals surface area contributed by atoms with Crippen molar-refractivity contribution in [2.24, 2.45) is 5.92 Å². The minimum Gasteiger partial charge on any atom is -0.355 e. The molecule has 1 aromatic rings. The van der Waals surface area contributed by atoms with E-state index in [1.54, 1.807) is 6.20 Å². The molecular weight excluding hydrogens is 274 g/mol. The Morgan fingerprint density at radius 2 is 2.05 bits per heavy atom. The van der Waals surface area contributed by atoms with Crippen molar-refractivity contribution in [1.82, 2.24) is 10.3 Å². The molecule has 1 amide bonds. The van der Waals surface area contributed by atoms with E-state index in [-0.39, 0.29) is 11.8 Å². The van der Waals surface area contributed by atoms with Crippen molar-refractivity contribution in [1.29, 1.82) is 0 Å². The molecule has 1 saturated carbocycles. The molecule has 5 heteroatoms. The number of amides is 1. The van der Waals surface area contributed by atoms with Gasteiger partial charge in [0.2, 0.25) is 5.91 Å². The van der Waals surface area contributed by atoms with Crippen LogP contribution in [0.25, 0.3) is 0 Å². The van der Waals surface area contributed by atoms with Gasteiger partial charge in [-0.25, -0.2) is 4.98 Å². The van der Waals surface area contributed by atoms with E-state index in [0.717, 1.165) is 44.6 Å². The fourth-order valence-corrected chi connectivity index (χ4v) is 3.08. The quantitative estimate of drug-likeness (QED) is 0.932. The van der Waals surface area contributed by atoms with Gasteiger partial charge < -0.3 is 10.2 Å². The van der Waals surface area contributed by atoms with Gasteiger partial charge in [-0.2, -0.15) is 0 Å². The van der Waals surface area contributed by atoms with Gasteiger partial charge in [-0.15, -0.1) is 0 Å². The molecule has 3 rings (SSSR count). The van der Waals surface area contributed by atoms with Crippen LogP contribution in [0.15, 0.2) is 18.3 Å². The standard InChI is InChI=1S/C15H20ClN3O/c16-13-5-2-8-17-14(13)19-9-6-12(7-10-19)18-15(20)11-3-1-4-11/h2,5,8,11-12H,1,3-4,6-7,9-10H2,(H,18,20). The number of hydrogen-bond donors (Lipinski definition) is 1. The summed E-state index contributed by atoms with van der Waals surface area (Å²) in [5.41, 5.74) is 0. The summed E-state index contributed by atoms with van der Waals surface area (Å²) in [4.78, 5) is 18.5. The Morgan fingerprint density at radius 3 is 2.65 bits per heavy atom. The van der Waals surface area contributed by atoms with Gasteiger partial charge >= 0.3 is 0 Å². The molecule has 0 bridgehead atoms. The largest absolute Gasteiger partial charge is 0.355 e. The first-order valence-electron chi connectivity index (χ1n) is 7.40. The highest BCUT2D eigenvalue weighted by Gasteiger charge is 2.28. The number of nitrogens with zero attached hydrogens (tertiary/aromatic N) is 2. The third-order valence-corrected chi connectivity index (χ3v) is 4.65. The van der Waals surface area contributed by atoms with Gasteiger partial charge in [0.05, 0.1) is 5.02 Å². The number of rotatable bonds is 3. The number of anilines is 1. The second-order valence-electron chi connectivity index (χ2n) is 5.71. The van der Waals surface area contributed by atoms with Gasteiger partial charge in [-0.3, -0.25) is 4.79 Å².